The van der Waals surface area contributed by atoms with Crippen LogP contribution in [0.5, 0.6) is 0 Å². The lowest BCUT2D eigenvalue weighted by molar-refractivity contribution is 0.0706. The van der Waals surface area contributed by atoms with Crippen LogP contribution >= 0.6 is 11.3 Å². The van der Waals surface area contributed by atoms with E-state index >= 15 is 0 Å². The molecule has 6 nitrogen and oxygen atoms in total. The van der Waals surface area contributed by atoms with Crippen LogP contribution in [0.1, 0.15) is 40.6 Å². The van der Waals surface area contributed by atoms with Gasteiger partial charge in [-0.05, 0) is 26.9 Å². The normalized spacial score (nSPS) is 16.0. The fourth-order valence-corrected chi connectivity index (χ4v) is 3.50. The van der Waals surface area contributed by atoms with E-state index < -0.39 is 0 Å². The lowest BCUT2D eigenvalue weighted by Gasteiger charge is -2.32. The van der Waals surface area contributed by atoms with E-state index in [-0.39, 0.29) is 5.91 Å². The lowest BCUT2D eigenvalue weighted by Crippen LogP contribution is -2.38. The number of likely N-dealkylation sites (tertiary alicyclic amines) is 1. The Labute approximate surface area is 140 Å². The van der Waals surface area contributed by atoms with Crippen molar-refractivity contribution in [3.63, 3.8) is 0 Å². The standard InChI is InChI=1S/C16H21N5OS/c1-20(2)9-13-15(18-6-5-17-13)12-3-7-21(8-4-12)16(22)14-10-23-11-19-14/h5-6,10-12H,3-4,7-9H2,1-2H3. The number of nitrogens with zero attached hydrogens (tertiary/aromatic N) is 5. The van der Waals surface area contributed by atoms with Gasteiger partial charge in [0.05, 0.1) is 16.9 Å². The number of hydrogen-bond acceptors (Lipinski definition) is 6. The average molecular weight is 331 g/mol. The van der Waals surface area contributed by atoms with Gasteiger partial charge in [-0.15, -0.1) is 11.3 Å². The molecule has 1 fully saturated rings. The zero-order valence-electron chi connectivity index (χ0n) is 13.5. The van der Waals surface area contributed by atoms with Crippen molar-refractivity contribution in [1.82, 2.24) is 24.8 Å². The highest BCUT2D eigenvalue weighted by molar-refractivity contribution is 7.07. The third-order valence-electron chi connectivity index (χ3n) is 4.09. The van der Waals surface area contributed by atoms with Crippen LogP contribution in [-0.4, -0.2) is 57.8 Å². The van der Waals surface area contributed by atoms with Crippen LogP contribution in [0.2, 0.25) is 0 Å². The summed E-state index contributed by atoms with van der Waals surface area (Å²) in [5, 5.41) is 1.81. The second-order valence-corrected chi connectivity index (χ2v) is 6.78. The molecule has 0 unspecified atom stereocenters. The molecule has 0 saturated carbocycles. The summed E-state index contributed by atoms with van der Waals surface area (Å²) in [5.41, 5.74) is 4.39. The van der Waals surface area contributed by atoms with Crippen molar-refractivity contribution in [3.8, 4) is 0 Å². The molecule has 2 aromatic rings. The van der Waals surface area contributed by atoms with E-state index in [1.54, 1.807) is 17.9 Å². The fourth-order valence-electron chi connectivity index (χ4n) is 2.98. The second-order valence-electron chi connectivity index (χ2n) is 6.07. The van der Waals surface area contributed by atoms with Crippen molar-refractivity contribution in [1.29, 1.82) is 0 Å². The maximum Gasteiger partial charge on any atom is 0.273 e. The van der Waals surface area contributed by atoms with Crippen molar-refractivity contribution in [2.24, 2.45) is 0 Å². The first-order valence-electron chi connectivity index (χ1n) is 7.77. The van der Waals surface area contributed by atoms with Crippen molar-refractivity contribution in [2.75, 3.05) is 27.2 Å². The van der Waals surface area contributed by atoms with Gasteiger partial charge in [0.25, 0.3) is 5.91 Å². The highest BCUT2D eigenvalue weighted by Gasteiger charge is 2.27. The summed E-state index contributed by atoms with van der Waals surface area (Å²) in [7, 11) is 4.07. The zero-order chi connectivity index (χ0) is 16.2. The number of carbonyl (C=O) groups excluding carboxylic acids is 1. The monoisotopic (exact) mass is 331 g/mol. The molecule has 0 bridgehead atoms. The summed E-state index contributed by atoms with van der Waals surface area (Å²) in [5.74, 6) is 0.412. The minimum absolute atomic E-state index is 0.0392. The van der Waals surface area contributed by atoms with Gasteiger partial charge in [-0.2, -0.15) is 0 Å². The van der Waals surface area contributed by atoms with Crippen LogP contribution in [0.4, 0.5) is 0 Å². The molecule has 3 heterocycles. The number of hydrogen-bond donors (Lipinski definition) is 0. The topological polar surface area (TPSA) is 62.2 Å². The van der Waals surface area contributed by atoms with Crippen LogP contribution in [0.25, 0.3) is 0 Å². The largest absolute Gasteiger partial charge is 0.337 e. The molecule has 0 atom stereocenters. The molecule has 122 valence electrons. The molecular formula is C16H21N5OS. The zero-order valence-corrected chi connectivity index (χ0v) is 14.3. The predicted molar refractivity (Wildman–Crippen MR) is 89.4 cm³/mol. The second kappa shape index (κ2) is 7.14. The molecule has 1 amide bonds. The number of rotatable bonds is 4. The Bertz CT molecular complexity index is 650. The maximum absolute atomic E-state index is 12.4. The Kier molecular flexibility index (Phi) is 4.97. The summed E-state index contributed by atoms with van der Waals surface area (Å²) in [6.07, 6.45) is 5.37. The average Bonchev–Trinajstić information content (AvgIpc) is 3.09. The molecule has 1 aliphatic rings. The highest BCUT2D eigenvalue weighted by Crippen LogP contribution is 2.29. The predicted octanol–water partition coefficient (Wildman–Crippen LogP) is 2.01. The first kappa shape index (κ1) is 16.0. The highest BCUT2D eigenvalue weighted by atomic mass is 32.1. The number of thiazole rings is 1. The van der Waals surface area contributed by atoms with Gasteiger partial charge in [0.2, 0.25) is 0 Å². The van der Waals surface area contributed by atoms with Crippen molar-refractivity contribution in [2.45, 2.75) is 25.3 Å². The summed E-state index contributed by atoms with van der Waals surface area (Å²) in [6.45, 7) is 2.29. The lowest BCUT2D eigenvalue weighted by atomic mass is 9.91. The molecule has 23 heavy (non-hydrogen) atoms. The fraction of sp³-hybridized carbons (Fsp3) is 0.500. The van der Waals surface area contributed by atoms with Gasteiger partial charge in [-0.25, -0.2) is 4.98 Å². The first-order valence-corrected chi connectivity index (χ1v) is 8.71. The van der Waals surface area contributed by atoms with Crippen LogP contribution in [0.3, 0.4) is 0 Å². The molecule has 0 aromatic carbocycles. The Morgan fingerprint density at radius 3 is 2.65 bits per heavy atom. The van der Waals surface area contributed by atoms with E-state index in [0.717, 1.165) is 43.9 Å². The molecule has 0 spiro atoms. The van der Waals surface area contributed by atoms with Crippen LogP contribution < -0.4 is 0 Å². The number of piperidine rings is 1. The summed E-state index contributed by atoms with van der Waals surface area (Å²) in [4.78, 5) is 29.5. The van der Waals surface area contributed by atoms with E-state index in [1.807, 2.05) is 24.4 Å². The SMILES string of the molecule is CN(C)Cc1nccnc1C1CCN(C(=O)c2cscn2)CC1. The van der Waals surface area contributed by atoms with Crippen molar-refractivity contribution >= 4 is 17.2 Å². The van der Waals surface area contributed by atoms with Crippen LogP contribution in [0.15, 0.2) is 23.3 Å². The minimum Gasteiger partial charge on any atom is -0.337 e. The van der Waals surface area contributed by atoms with E-state index in [4.69, 9.17) is 0 Å². The summed E-state index contributed by atoms with van der Waals surface area (Å²) < 4.78 is 0. The van der Waals surface area contributed by atoms with E-state index in [2.05, 4.69) is 19.9 Å². The Hall–Kier alpha value is -1.86. The molecule has 1 saturated heterocycles. The van der Waals surface area contributed by atoms with Gasteiger partial charge in [0.15, 0.2) is 0 Å². The Morgan fingerprint density at radius 1 is 1.26 bits per heavy atom. The smallest absolute Gasteiger partial charge is 0.273 e. The molecule has 0 aliphatic carbocycles. The van der Waals surface area contributed by atoms with Gasteiger partial charge in [0.1, 0.15) is 5.69 Å². The Morgan fingerprint density at radius 2 is 2.00 bits per heavy atom. The molecule has 7 heteroatoms. The van der Waals surface area contributed by atoms with E-state index in [0.29, 0.717) is 11.6 Å². The van der Waals surface area contributed by atoms with Crippen LogP contribution in [-0.2, 0) is 6.54 Å². The molecule has 1 aliphatic heterocycles. The summed E-state index contributed by atoms with van der Waals surface area (Å²) >= 11 is 1.46. The number of amides is 1. The van der Waals surface area contributed by atoms with Gasteiger partial charge in [0, 0.05) is 43.3 Å². The summed E-state index contributed by atoms with van der Waals surface area (Å²) in [6, 6.07) is 0. The van der Waals surface area contributed by atoms with E-state index in [1.165, 1.54) is 11.3 Å². The molecule has 0 radical (unpaired) electrons. The van der Waals surface area contributed by atoms with Gasteiger partial charge < -0.3 is 9.80 Å². The van der Waals surface area contributed by atoms with Gasteiger partial charge in [-0.1, -0.05) is 0 Å². The van der Waals surface area contributed by atoms with Crippen molar-refractivity contribution < 1.29 is 4.79 Å². The molecule has 0 N–H and O–H groups in total. The minimum atomic E-state index is 0.0392. The van der Waals surface area contributed by atoms with Crippen LogP contribution in [0, 0.1) is 0 Å². The van der Waals surface area contributed by atoms with Gasteiger partial charge in [-0.3, -0.25) is 14.8 Å². The molecular weight excluding hydrogens is 310 g/mol. The van der Waals surface area contributed by atoms with Gasteiger partial charge >= 0.3 is 0 Å². The first-order chi connectivity index (χ1) is 11.1. The molecule has 3 rings (SSSR count). The maximum atomic E-state index is 12.4. The molecule has 2 aromatic heterocycles. The Balaban J connectivity index is 1.66. The number of aromatic nitrogens is 3. The van der Waals surface area contributed by atoms with Crippen molar-refractivity contribution in [3.05, 3.63) is 40.4 Å². The quantitative estimate of drug-likeness (QED) is 0.858. The third-order valence-corrected chi connectivity index (χ3v) is 4.68. The van der Waals surface area contributed by atoms with E-state index in [9.17, 15) is 4.79 Å². The number of carbonyl (C=O) groups is 1. The third kappa shape index (κ3) is 3.73.